The van der Waals surface area contributed by atoms with E-state index in [2.05, 4.69) is 48.0 Å². The van der Waals surface area contributed by atoms with E-state index in [0.717, 1.165) is 38.9 Å². The molecule has 0 radical (unpaired) electrons. The number of nitrogens with zero attached hydrogens (tertiary/aromatic N) is 3. The van der Waals surface area contributed by atoms with Crippen LogP contribution in [0.1, 0.15) is 84.5 Å². The van der Waals surface area contributed by atoms with Gasteiger partial charge in [-0.15, -0.1) is 11.8 Å². The van der Waals surface area contributed by atoms with Crippen molar-refractivity contribution in [1.82, 2.24) is 14.7 Å². The van der Waals surface area contributed by atoms with Crippen molar-refractivity contribution in [1.29, 1.82) is 0 Å². The van der Waals surface area contributed by atoms with Crippen molar-refractivity contribution in [2.24, 2.45) is 17.8 Å². The van der Waals surface area contributed by atoms with Gasteiger partial charge in [0.1, 0.15) is 12.1 Å². The van der Waals surface area contributed by atoms with Crippen molar-refractivity contribution in [2.45, 2.75) is 101 Å². The summed E-state index contributed by atoms with van der Waals surface area (Å²) in [6, 6.07) is -0.527. The Morgan fingerprint density at radius 1 is 0.947 bits per heavy atom. The Morgan fingerprint density at radius 3 is 2.42 bits per heavy atom. The van der Waals surface area contributed by atoms with Gasteiger partial charge in [0.15, 0.2) is 0 Å². The summed E-state index contributed by atoms with van der Waals surface area (Å²) in [7, 11) is 0. The predicted octanol–water partition coefficient (Wildman–Crippen LogP) is 5.78. The molecule has 6 rings (SSSR count). The van der Waals surface area contributed by atoms with Gasteiger partial charge < -0.3 is 9.80 Å². The second-order valence-electron chi connectivity index (χ2n) is 12.9. The van der Waals surface area contributed by atoms with Gasteiger partial charge in [-0.05, 0) is 61.3 Å². The number of carbonyl (C=O) groups is 2. The fourth-order valence-electron chi connectivity index (χ4n) is 8.35. The molecule has 0 aromatic heterocycles. The maximum absolute atomic E-state index is 14.3. The number of allylic oxidation sites excluding steroid dienone is 4. The standard InChI is InChI=1S/C32H47N3O2S/c1-3-28-25(26-16-10-11-17-32(26,2)38-28)21-33-18-19-34-27(22-33)30(36)35(20-23-12-6-4-7-13-23)29(31(34)37)24-14-8-5-9-15-24/h10-11,16-17,23-24,26-27,29H,3-9,12-15,18-22H2,1-2H3. The van der Waals surface area contributed by atoms with Gasteiger partial charge in [-0.2, -0.15) is 0 Å². The minimum absolute atomic E-state index is 0.109. The summed E-state index contributed by atoms with van der Waals surface area (Å²) in [5, 5.41) is 0. The lowest BCUT2D eigenvalue weighted by Gasteiger charge is -2.52. The minimum Gasteiger partial charge on any atom is -0.328 e. The largest absolute Gasteiger partial charge is 0.328 e. The highest BCUT2D eigenvalue weighted by atomic mass is 32.2. The third-order valence-electron chi connectivity index (χ3n) is 10.4. The average Bonchev–Trinajstić information content (AvgIpc) is 3.24. The van der Waals surface area contributed by atoms with E-state index in [-0.39, 0.29) is 28.6 Å². The number of fused-ring (bicyclic) bond motifs is 2. The molecular weight excluding hydrogens is 490 g/mol. The molecule has 0 aromatic carbocycles. The summed E-state index contributed by atoms with van der Waals surface area (Å²) in [6.07, 6.45) is 22.3. The van der Waals surface area contributed by atoms with Crippen molar-refractivity contribution in [2.75, 3.05) is 32.7 Å². The summed E-state index contributed by atoms with van der Waals surface area (Å²) < 4.78 is 0.109. The first-order chi connectivity index (χ1) is 18.5. The lowest BCUT2D eigenvalue weighted by atomic mass is 9.79. The van der Waals surface area contributed by atoms with Gasteiger partial charge in [0.2, 0.25) is 11.8 Å². The Labute approximate surface area is 234 Å². The van der Waals surface area contributed by atoms with Gasteiger partial charge in [0, 0.05) is 43.4 Å². The molecule has 3 aliphatic carbocycles. The highest BCUT2D eigenvalue weighted by molar-refractivity contribution is 8.04. The fraction of sp³-hybridized carbons (Fsp3) is 0.750. The number of amides is 2. The molecule has 6 heteroatoms. The zero-order valence-electron chi connectivity index (χ0n) is 23.6. The quantitative estimate of drug-likeness (QED) is 0.431. The zero-order chi connectivity index (χ0) is 26.3. The molecule has 3 heterocycles. The summed E-state index contributed by atoms with van der Waals surface area (Å²) in [6.45, 7) is 8.58. The van der Waals surface area contributed by atoms with E-state index < -0.39 is 0 Å². The molecule has 4 atom stereocenters. The van der Waals surface area contributed by atoms with Crippen LogP contribution in [0, 0.1) is 17.8 Å². The normalized spacial score (nSPS) is 35.3. The molecule has 2 saturated heterocycles. The van der Waals surface area contributed by atoms with Crippen LogP contribution in [0.25, 0.3) is 0 Å². The van der Waals surface area contributed by atoms with Gasteiger partial charge >= 0.3 is 0 Å². The molecule has 0 spiro atoms. The lowest BCUT2D eigenvalue weighted by molar-refractivity contribution is -0.169. The van der Waals surface area contributed by atoms with E-state index in [9.17, 15) is 9.59 Å². The Morgan fingerprint density at radius 2 is 1.68 bits per heavy atom. The van der Waals surface area contributed by atoms with Crippen molar-refractivity contribution >= 4 is 23.6 Å². The van der Waals surface area contributed by atoms with Gasteiger partial charge in [0.05, 0.1) is 0 Å². The summed E-state index contributed by atoms with van der Waals surface area (Å²) in [5.74, 6) is 1.84. The number of hydrogen-bond acceptors (Lipinski definition) is 4. The number of carbonyl (C=O) groups excluding carboxylic acids is 2. The van der Waals surface area contributed by atoms with E-state index in [4.69, 9.17) is 0 Å². The van der Waals surface area contributed by atoms with Gasteiger partial charge in [-0.1, -0.05) is 69.8 Å². The molecule has 2 saturated carbocycles. The molecule has 0 bridgehead atoms. The predicted molar refractivity (Wildman–Crippen MR) is 156 cm³/mol. The first-order valence-corrected chi connectivity index (χ1v) is 16.4. The molecule has 2 amide bonds. The molecule has 4 unspecified atom stereocenters. The van der Waals surface area contributed by atoms with Crippen LogP contribution in [-0.4, -0.2) is 76.1 Å². The van der Waals surface area contributed by atoms with Crippen molar-refractivity contribution in [3.05, 3.63) is 34.8 Å². The first kappa shape index (κ1) is 26.7. The van der Waals surface area contributed by atoms with Crippen LogP contribution in [-0.2, 0) is 9.59 Å². The lowest BCUT2D eigenvalue weighted by Crippen LogP contribution is -2.71. The highest BCUT2D eigenvalue weighted by Crippen LogP contribution is 2.54. The molecule has 4 fully saturated rings. The van der Waals surface area contributed by atoms with Crippen molar-refractivity contribution < 1.29 is 9.59 Å². The van der Waals surface area contributed by atoms with Crippen LogP contribution in [0.5, 0.6) is 0 Å². The topological polar surface area (TPSA) is 43.9 Å². The van der Waals surface area contributed by atoms with Gasteiger partial charge in [0.25, 0.3) is 0 Å². The van der Waals surface area contributed by atoms with Crippen molar-refractivity contribution in [3.8, 4) is 0 Å². The van der Waals surface area contributed by atoms with Crippen LogP contribution in [0.4, 0.5) is 0 Å². The number of rotatable bonds is 6. The van der Waals surface area contributed by atoms with E-state index >= 15 is 0 Å². The Hall–Kier alpha value is -1.53. The summed E-state index contributed by atoms with van der Waals surface area (Å²) in [5.41, 5.74) is 1.53. The number of thioether (sulfide) groups is 1. The minimum atomic E-state index is -0.312. The summed E-state index contributed by atoms with van der Waals surface area (Å²) in [4.78, 5) is 36.5. The first-order valence-electron chi connectivity index (χ1n) is 15.6. The SMILES string of the molecule is CCC1=C(CN2CCN3C(=O)C(C4CCCCC4)N(CC4CCCCC4)C(=O)C3C2)C2C=CC=CC2(C)S1. The highest BCUT2D eigenvalue weighted by Gasteiger charge is 2.51. The van der Waals surface area contributed by atoms with Crippen LogP contribution < -0.4 is 0 Å². The smallest absolute Gasteiger partial charge is 0.247 e. The maximum Gasteiger partial charge on any atom is 0.247 e. The third kappa shape index (κ3) is 4.93. The van der Waals surface area contributed by atoms with Gasteiger partial charge in [-0.25, -0.2) is 0 Å². The van der Waals surface area contributed by atoms with E-state index in [1.807, 2.05) is 16.7 Å². The molecule has 5 nitrogen and oxygen atoms in total. The zero-order valence-corrected chi connectivity index (χ0v) is 24.4. The van der Waals surface area contributed by atoms with E-state index in [0.29, 0.717) is 30.8 Å². The third-order valence-corrected chi connectivity index (χ3v) is 12.1. The monoisotopic (exact) mass is 537 g/mol. The Balaban J connectivity index is 1.21. The molecule has 3 aliphatic heterocycles. The molecule has 6 aliphatic rings. The second-order valence-corrected chi connectivity index (χ2v) is 14.5. The Bertz CT molecular complexity index is 1010. The molecular formula is C32H47N3O2S. The van der Waals surface area contributed by atoms with Crippen LogP contribution in [0.15, 0.2) is 34.8 Å². The van der Waals surface area contributed by atoms with Crippen molar-refractivity contribution in [3.63, 3.8) is 0 Å². The molecule has 0 N–H and O–H groups in total. The molecule has 38 heavy (non-hydrogen) atoms. The Kier molecular flexibility index (Phi) is 7.83. The molecule has 0 aromatic rings. The van der Waals surface area contributed by atoms with Gasteiger partial charge in [-0.3, -0.25) is 14.5 Å². The second kappa shape index (κ2) is 11.2. The summed E-state index contributed by atoms with van der Waals surface area (Å²) >= 11 is 2.03. The average molecular weight is 538 g/mol. The van der Waals surface area contributed by atoms with Crippen LogP contribution in [0.2, 0.25) is 0 Å². The van der Waals surface area contributed by atoms with E-state index in [1.54, 1.807) is 0 Å². The van der Waals surface area contributed by atoms with E-state index in [1.165, 1.54) is 61.8 Å². The molecule has 208 valence electrons. The number of hydrogen-bond donors (Lipinski definition) is 0. The number of piperazine rings is 2. The fourth-order valence-corrected chi connectivity index (χ4v) is 9.85. The maximum atomic E-state index is 14.3. The van der Waals surface area contributed by atoms with Crippen LogP contribution >= 0.6 is 11.8 Å². The van der Waals surface area contributed by atoms with Crippen LogP contribution in [0.3, 0.4) is 0 Å².